The highest BCUT2D eigenvalue weighted by Gasteiger charge is 2.19. The van der Waals surface area contributed by atoms with E-state index in [0.29, 0.717) is 32.0 Å². The van der Waals surface area contributed by atoms with Crippen LogP contribution in [0.3, 0.4) is 0 Å². The van der Waals surface area contributed by atoms with Gasteiger partial charge in [-0.15, -0.1) is 10.2 Å². The summed E-state index contributed by atoms with van der Waals surface area (Å²) in [6.45, 7) is 0.0604. The van der Waals surface area contributed by atoms with Gasteiger partial charge in [-0.25, -0.2) is 8.42 Å². The number of carbonyl (C=O) groups is 1. The monoisotopic (exact) mass is 502 g/mol. The molecule has 0 fully saturated rings. The quantitative estimate of drug-likeness (QED) is 0.368. The van der Waals surface area contributed by atoms with Crippen molar-refractivity contribution in [2.75, 3.05) is 22.1 Å². The Kier molecular flexibility index (Phi) is 7.25. The molecule has 0 radical (unpaired) electrons. The minimum Gasteiger partial charge on any atom is -0.296 e. The molecule has 3 rings (SSSR count). The topological polar surface area (TPSA) is 92.3 Å². The van der Waals surface area contributed by atoms with Gasteiger partial charge in [0, 0.05) is 15.6 Å². The summed E-state index contributed by atoms with van der Waals surface area (Å²) in [5.74, 6) is -0.327. The van der Waals surface area contributed by atoms with E-state index in [9.17, 15) is 13.2 Å². The SMILES string of the molecule is CSc1nnc(NC(=O)c2ccc(CN(c3cc(Cl)cc(Cl)c3)S(C)(=O)=O)cc2)s1. The van der Waals surface area contributed by atoms with Crippen LogP contribution in [-0.4, -0.2) is 37.0 Å². The third-order valence-electron chi connectivity index (χ3n) is 3.88. The minimum atomic E-state index is -3.60. The molecule has 3 aromatic rings. The Balaban J connectivity index is 1.77. The molecule has 2 aromatic carbocycles. The summed E-state index contributed by atoms with van der Waals surface area (Å²) >= 11 is 14.8. The van der Waals surface area contributed by atoms with Gasteiger partial charge >= 0.3 is 0 Å². The highest BCUT2D eigenvalue weighted by molar-refractivity contribution is 8.00. The second-order valence-corrected chi connectivity index (χ2v) is 10.9. The first-order valence-electron chi connectivity index (χ1n) is 8.37. The summed E-state index contributed by atoms with van der Waals surface area (Å²) in [4.78, 5) is 12.4. The first-order valence-corrected chi connectivity index (χ1v) is 13.0. The molecule has 7 nitrogen and oxygen atoms in total. The van der Waals surface area contributed by atoms with Crippen molar-refractivity contribution in [1.29, 1.82) is 0 Å². The number of hydrogen-bond donors (Lipinski definition) is 1. The van der Waals surface area contributed by atoms with E-state index in [1.54, 1.807) is 24.3 Å². The molecule has 0 saturated heterocycles. The molecule has 0 aliphatic heterocycles. The maximum atomic E-state index is 12.4. The Morgan fingerprint density at radius 1 is 1.13 bits per heavy atom. The maximum Gasteiger partial charge on any atom is 0.257 e. The third-order valence-corrected chi connectivity index (χ3v) is 7.27. The number of nitrogens with one attached hydrogen (secondary N) is 1. The van der Waals surface area contributed by atoms with E-state index in [4.69, 9.17) is 23.2 Å². The molecule has 1 heterocycles. The summed E-state index contributed by atoms with van der Waals surface area (Å²) in [5.41, 5.74) is 1.46. The van der Waals surface area contributed by atoms with E-state index in [-0.39, 0.29) is 12.5 Å². The molecule has 1 amide bonds. The number of rotatable bonds is 7. The lowest BCUT2D eigenvalue weighted by Crippen LogP contribution is -2.29. The maximum absolute atomic E-state index is 12.4. The van der Waals surface area contributed by atoms with Crippen LogP contribution < -0.4 is 9.62 Å². The number of hydrogen-bond acceptors (Lipinski definition) is 7. The average Bonchev–Trinajstić information content (AvgIpc) is 3.12. The van der Waals surface area contributed by atoms with Crippen molar-refractivity contribution in [2.24, 2.45) is 0 Å². The van der Waals surface area contributed by atoms with Crippen LogP contribution >= 0.6 is 46.3 Å². The van der Waals surface area contributed by atoms with E-state index < -0.39 is 10.0 Å². The number of sulfonamides is 1. The Bertz CT molecular complexity index is 1150. The summed E-state index contributed by atoms with van der Waals surface area (Å²) in [5, 5.41) is 11.6. The summed E-state index contributed by atoms with van der Waals surface area (Å²) in [6, 6.07) is 11.2. The van der Waals surface area contributed by atoms with Crippen LogP contribution in [0.25, 0.3) is 0 Å². The Morgan fingerprint density at radius 2 is 1.77 bits per heavy atom. The lowest BCUT2D eigenvalue weighted by Gasteiger charge is -2.23. The number of thioether (sulfide) groups is 1. The van der Waals surface area contributed by atoms with Crippen LogP contribution in [0.2, 0.25) is 10.0 Å². The lowest BCUT2D eigenvalue weighted by atomic mass is 10.1. The molecule has 0 aliphatic carbocycles. The number of amides is 1. The van der Waals surface area contributed by atoms with Gasteiger partial charge in [0.05, 0.1) is 18.5 Å². The number of anilines is 2. The zero-order valence-electron chi connectivity index (χ0n) is 15.8. The number of benzene rings is 2. The van der Waals surface area contributed by atoms with Gasteiger partial charge in [-0.1, -0.05) is 58.4 Å². The van der Waals surface area contributed by atoms with E-state index in [1.807, 2.05) is 6.26 Å². The molecular weight excluding hydrogens is 487 g/mol. The highest BCUT2D eigenvalue weighted by Crippen LogP contribution is 2.28. The average molecular weight is 503 g/mol. The van der Waals surface area contributed by atoms with Crippen LogP contribution in [0.1, 0.15) is 15.9 Å². The number of carbonyl (C=O) groups excluding carboxylic acids is 1. The molecule has 0 bridgehead atoms. The molecule has 1 N–H and O–H groups in total. The van der Waals surface area contributed by atoms with Crippen molar-refractivity contribution in [2.45, 2.75) is 10.9 Å². The first kappa shape index (κ1) is 22.8. The van der Waals surface area contributed by atoms with Gasteiger partial charge in [0.25, 0.3) is 5.91 Å². The van der Waals surface area contributed by atoms with Gasteiger partial charge in [0.2, 0.25) is 15.2 Å². The standard InChI is InChI=1S/C18H16Cl2N4O3S3/c1-28-18-23-22-17(29-18)21-16(25)12-5-3-11(4-6-12)10-24(30(2,26)27)15-8-13(19)7-14(20)9-15/h3-9H,10H2,1-2H3,(H,21,22,25). The van der Waals surface area contributed by atoms with Gasteiger partial charge in [0.15, 0.2) is 4.34 Å². The molecule has 0 unspecified atom stereocenters. The summed E-state index contributed by atoms with van der Waals surface area (Å²) < 4.78 is 26.6. The fraction of sp³-hybridized carbons (Fsp3) is 0.167. The molecule has 0 atom stereocenters. The minimum absolute atomic E-state index is 0.0604. The van der Waals surface area contributed by atoms with Gasteiger partial charge in [-0.3, -0.25) is 14.4 Å². The van der Waals surface area contributed by atoms with E-state index >= 15 is 0 Å². The fourth-order valence-corrected chi connectivity index (χ4v) is 5.07. The largest absolute Gasteiger partial charge is 0.296 e. The predicted molar refractivity (Wildman–Crippen MR) is 124 cm³/mol. The molecule has 158 valence electrons. The molecule has 1 aromatic heterocycles. The van der Waals surface area contributed by atoms with Crippen molar-refractivity contribution in [3.63, 3.8) is 0 Å². The second kappa shape index (κ2) is 9.52. The number of aromatic nitrogens is 2. The van der Waals surface area contributed by atoms with E-state index in [2.05, 4.69) is 15.5 Å². The van der Waals surface area contributed by atoms with E-state index in [1.165, 1.54) is 45.6 Å². The molecule has 0 aliphatic rings. The van der Waals surface area contributed by atoms with Crippen molar-refractivity contribution in [3.8, 4) is 0 Å². The Morgan fingerprint density at radius 3 is 2.30 bits per heavy atom. The molecule has 0 saturated carbocycles. The number of nitrogens with zero attached hydrogens (tertiary/aromatic N) is 3. The first-order chi connectivity index (χ1) is 14.2. The highest BCUT2D eigenvalue weighted by atomic mass is 35.5. The Labute approximate surface area is 192 Å². The van der Waals surface area contributed by atoms with Crippen LogP contribution in [0.4, 0.5) is 10.8 Å². The summed E-state index contributed by atoms with van der Waals surface area (Å²) in [7, 11) is -3.60. The van der Waals surface area contributed by atoms with E-state index in [0.717, 1.165) is 10.6 Å². The molecule has 12 heteroatoms. The smallest absolute Gasteiger partial charge is 0.257 e. The van der Waals surface area contributed by atoms with Crippen LogP contribution in [0.5, 0.6) is 0 Å². The molecular formula is C18H16Cl2N4O3S3. The van der Waals surface area contributed by atoms with Crippen LogP contribution in [0.15, 0.2) is 46.8 Å². The van der Waals surface area contributed by atoms with Gasteiger partial charge in [-0.2, -0.15) is 0 Å². The zero-order valence-corrected chi connectivity index (χ0v) is 19.8. The molecule has 30 heavy (non-hydrogen) atoms. The van der Waals surface area contributed by atoms with Crippen LogP contribution in [-0.2, 0) is 16.6 Å². The summed E-state index contributed by atoms with van der Waals surface area (Å²) in [6.07, 6.45) is 2.98. The van der Waals surface area contributed by atoms with Gasteiger partial charge < -0.3 is 0 Å². The lowest BCUT2D eigenvalue weighted by molar-refractivity contribution is 0.102. The Hall–Kier alpha value is -1.85. The molecule has 0 spiro atoms. The van der Waals surface area contributed by atoms with Crippen molar-refractivity contribution < 1.29 is 13.2 Å². The fourth-order valence-electron chi connectivity index (χ4n) is 2.52. The predicted octanol–water partition coefficient (Wildman–Crippen LogP) is 4.79. The number of halogens is 2. The second-order valence-electron chi connectivity index (χ2n) is 6.13. The zero-order chi connectivity index (χ0) is 21.9. The third kappa shape index (κ3) is 5.86. The van der Waals surface area contributed by atoms with Crippen molar-refractivity contribution in [1.82, 2.24) is 10.2 Å². The van der Waals surface area contributed by atoms with Gasteiger partial charge in [0.1, 0.15) is 0 Å². The van der Waals surface area contributed by atoms with Gasteiger partial charge in [-0.05, 0) is 42.2 Å². The van der Waals surface area contributed by atoms with Crippen molar-refractivity contribution >= 4 is 73.0 Å². The van der Waals surface area contributed by atoms with Crippen molar-refractivity contribution in [3.05, 3.63) is 63.6 Å². The normalized spacial score (nSPS) is 11.3. The van der Waals surface area contributed by atoms with Crippen LogP contribution in [0, 0.1) is 0 Å².